The van der Waals surface area contributed by atoms with E-state index in [0.29, 0.717) is 11.5 Å². The first-order valence-corrected chi connectivity index (χ1v) is 6.64. The van der Waals surface area contributed by atoms with E-state index < -0.39 is 0 Å². The number of aromatic nitrogens is 1. The van der Waals surface area contributed by atoms with Gasteiger partial charge in [0.1, 0.15) is 5.82 Å². The highest BCUT2D eigenvalue weighted by molar-refractivity contribution is 5.60. The number of nitrogens with one attached hydrogen (secondary N) is 1. The molecule has 21 heavy (non-hydrogen) atoms. The highest BCUT2D eigenvalue weighted by Crippen LogP contribution is 2.34. The molecule has 0 aliphatic heterocycles. The summed E-state index contributed by atoms with van der Waals surface area (Å²) in [4.78, 5) is 3.87. The number of anilines is 1. The number of rotatable bonds is 5. The SMILES string of the molecule is COc1cc(C)c(NC(C)c2cncc(F)c2)cc1OC. The smallest absolute Gasteiger partial charge is 0.162 e. The maximum absolute atomic E-state index is 13.2. The molecule has 0 radical (unpaired) electrons. The minimum Gasteiger partial charge on any atom is -0.493 e. The fourth-order valence-electron chi connectivity index (χ4n) is 2.12. The summed E-state index contributed by atoms with van der Waals surface area (Å²) < 4.78 is 23.8. The van der Waals surface area contributed by atoms with E-state index >= 15 is 0 Å². The molecule has 0 fully saturated rings. The Balaban J connectivity index is 2.26. The fraction of sp³-hybridized carbons (Fsp3) is 0.312. The number of nitrogens with zero attached hydrogens (tertiary/aromatic N) is 1. The van der Waals surface area contributed by atoms with Crippen molar-refractivity contribution in [2.24, 2.45) is 0 Å². The third kappa shape index (κ3) is 3.42. The summed E-state index contributed by atoms with van der Waals surface area (Å²) in [6.45, 7) is 3.92. The van der Waals surface area contributed by atoms with E-state index in [0.717, 1.165) is 16.8 Å². The van der Waals surface area contributed by atoms with Crippen LogP contribution in [-0.4, -0.2) is 19.2 Å². The Morgan fingerprint density at radius 2 is 1.76 bits per heavy atom. The Kier molecular flexibility index (Phi) is 4.62. The van der Waals surface area contributed by atoms with Gasteiger partial charge in [0.05, 0.1) is 26.5 Å². The van der Waals surface area contributed by atoms with Crippen molar-refractivity contribution < 1.29 is 13.9 Å². The number of hydrogen-bond donors (Lipinski definition) is 1. The number of ether oxygens (including phenoxy) is 2. The molecule has 0 saturated carbocycles. The quantitative estimate of drug-likeness (QED) is 0.911. The lowest BCUT2D eigenvalue weighted by Gasteiger charge is -2.19. The van der Waals surface area contributed by atoms with Crippen LogP contribution in [0.3, 0.4) is 0 Å². The highest BCUT2D eigenvalue weighted by Gasteiger charge is 2.12. The average molecular weight is 290 g/mol. The molecule has 2 rings (SSSR count). The van der Waals surface area contributed by atoms with Crippen molar-refractivity contribution >= 4 is 5.69 Å². The summed E-state index contributed by atoms with van der Waals surface area (Å²) in [5, 5.41) is 3.34. The number of methoxy groups -OCH3 is 2. The zero-order valence-corrected chi connectivity index (χ0v) is 12.6. The van der Waals surface area contributed by atoms with Crippen molar-refractivity contribution in [3.05, 3.63) is 47.5 Å². The van der Waals surface area contributed by atoms with Crippen molar-refractivity contribution in [1.29, 1.82) is 0 Å². The van der Waals surface area contributed by atoms with Crippen LogP contribution in [0, 0.1) is 12.7 Å². The van der Waals surface area contributed by atoms with Gasteiger partial charge in [0.2, 0.25) is 0 Å². The minimum absolute atomic E-state index is 0.0787. The van der Waals surface area contributed by atoms with Crippen molar-refractivity contribution in [2.75, 3.05) is 19.5 Å². The molecule has 1 N–H and O–H groups in total. The zero-order chi connectivity index (χ0) is 15.4. The second-order valence-corrected chi connectivity index (χ2v) is 4.82. The van der Waals surface area contributed by atoms with Gasteiger partial charge >= 0.3 is 0 Å². The van der Waals surface area contributed by atoms with Gasteiger partial charge in [-0.3, -0.25) is 4.98 Å². The Labute approximate surface area is 123 Å². The summed E-state index contributed by atoms with van der Waals surface area (Å²) in [6.07, 6.45) is 2.84. The molecule has 0 amide bonds. The lowest BCUT2D eigenvalue weighted by Crippen LogP contribution is -2.09. The fourth-order valence-corrected chi connectivity index (χ4v) is 2.12. The molecular formula is C16H19FN2O2. The van der Waals surface area contributed by atoms with Crippen LogP contribution < -0.4 is 14.8 Å². The Morgan fingerprint density at radius 1 is 1.10 bits per heavy atom. The molecule has 0 bridgehead atoms. The van der Waals surface area contributed by atoms with Gasteiger partial charge < -0.3 is 14.8 Å². The standard InChI is InChI=1S/C16H19FN2O2/c1-10-5-15(20-3)16(21-4)7-14(10)19-11(2)12-6-13(17)9-18-8-12/h5-9,11,19H,1-4H3. The van der Waals surface area contributed by atoms with E-state index in [-0.39, 0.29) is 11.9 Å². The third-order valence-corrected chi connectivity index (χ3v) is 3.33. The number of halogens is 1. The number of hydrogen-bond acceptors (Lipinski definition) is 4. The largest absolute Gasteiger partial charge is 0.493 e. The second kappa shape index (κ2) is 6.43. The lowest BCUT2D eigenvalue weighted by molar-refractivity contribution is 0.355. The predicted molar refractivity (Wildman–Crippen MR) is 80.5 cm³/mol. The van der Waals surface area contributed by atoms with Gasteiger partial charge in [-0.25, -0.2) is 4.39 Å². The van der Waals surface area contributed by atoms with Crippen molar-refractivity contribution in [3.63, 3.8) is 0 Å². The van der Waals surface area contributed by atoms with E-state index in [9.17, 15) is 4.39 Å². The maximum Gasteiger partial charge on any atom is 0.162 e. The van der Waals surface area contributed by atoms with Crippen molar-refractivity contribution in [1.82, 2.24) is 4.98 Å². The van der Waals surface area contributed by atoms with E-state index in [1.54, 1.807) is 20.4 Å². The monoisotopic (exact) mass is 290 g/mol. The Bertz CT molecular complexity index is 632. The normalized spacial score (nSPS) is 11.9. The first-order valence-electron chi connectivity index (χ1n) is 6.64. The van der Waals surface area contributed by atoms with Gasteiger partial charge in [-0.05, 0) is 37.1 Å². The average Bonchev–Trinajstić information content (AvgIpc) is 2.48. The molecule has 1 aromatic carbocycles. The van der Waals surface area contributed by atoms with Crippen LogP contribution in [0.25, 0.3) is 0 Å². The lowest BCUT2D eigenvalue weighted by atomic mass is 10.1. The van der Waals surface area contributed by atoms with Crippen LogP contribution in [0.1, 0.15) is 24.1 Å². The van der Waals surface area contributed by atoms with Gasteiger partial charge in [0.25, 0.3) is 0 Å². The maximum atomic E-state index is 13.2. The molecule has 4 nitrogen and oxygen atoms in total. The molecule has 0 saturated heterocycles. The van der Waals surface area contributed by atoms with Gasteiger partial charge in [-0.15, -0.1) is 0 Å². The van der Waals surface area contributed by atoms with Crippen molar-refractivity contribution in [2.45, 2.75) is 19.9 Å². The summed E-state index contributed by atoms with van der Waals surface area (Å²) in [5.41, 5.74) is 2.71. The van der Waals surface area contributed by atoms with Gasteiger partial charge in [0.15, 0.2) is 11.5 Å². The molecular weight excluding hydrogens is 271 g/mol. The summed E-state index contributed by atoms with van der Waals surface area (Å²) in [6, 6.07) is 5.17. The zero-order valence-electron chi connectivity index (χ0n) is 12.6. The molecule has 0 aliphatic carbocycles. The van der Waals surface area contributed by atoms with Crippen LogP contribution in [0.5, 0.6) is 11.5 Å². The van der Waals surface area contributed by atoms with E-state index in [1.807, 2.05) is 26.0 Å². The topological polar surface area (TPSA) is 43.4 Å². The van der Waals surface area contributed by atoms with Crippen LogP contribution in [0.4, 0.5) is 10.1 Å². The van der Waals surface area contributed by atoms with Crippen LogP contribution >= 0.6 is 0 Å². The Hall–Kier alpha value is -2.30. The second-order valence-electron chi connectivity index (χ2n) is 4.82. The van der Waals surface area contributed by atoms with Gasteiger partial charge in [0, 0.05) is 18.0 Å². The molecule has 0 spiro atoms. The number of aryl methyl sites for hydroxylation is 1. The summed E-state index contributed by atoms with van der Waals surface area (Å²) >= 11 is 0. The number of pyridine rings is 1. The molecule has 5 heteroatoms. The molecule has 1 heterocycles. The van der Waals surface area contributed by atoms with Gasteiger partial charge in [-0.1, -0.05) is 0 Å². The van der Waals surface area contributed by atoms with Crippen molar-refractivity contribution in [3.8, 4) is 11.5 Å². The summed E-state index contributed by atoms with van der Waals surface area (Å²) in [5.74, 6) is 0.987. The molecule has 1 aromatic heterocycles. The first kappa shape index (κ1) is 15.1. The van der Waals surface area contributed by atoms with E-state index in [1.165, 1.54) is 12.3 Å². The predicted octanol–water partition coefficient (Wildman–Crippen LogP) is 3.72. The molecule has 1 unspecified atom stereocenters. The molecule has 2 aromatic rings. The van der Waals surface area contributed by atoms with Gasteiger partial charge in [-0.2, -0.15) is 0 Å². The third-order valence-electron chi connectivity index (χ3n) is 3.33. The van der Waals surface area contributed by atoms with Crippen LogP contribution in [0.2, 0.25) is 0 Å². The molecule has 1 atom stereocenters. The minimum atomic E-state index is -0.342. The molecule has 0 aliphatic rings. The number of benzene rings is 1. The van der Waals surface area contributed by atoms with E-state index in [2.05, 4.69) is 10.3 Å². The first-order chi connectivity index (χ1) is 10.0. The summed E-state index contributed by atoms with van der Waals surface area (Å²) in [7, 11) is 3.20. The highest BCUT2D eigenvalue weighted by atomic mass is 19.1. The van der Waals surface area contributed by atoms with Crippen LogP contribution in [0.15, 0.2) is 30.6 Å². The van der Waals surface area contributed by atoms with E-state index in [4.69, 9.17) is 9.47 Å². The molecule has 112 valence electrons. The Morgan fingerprint density at radius 3 is 2.38 bits per heavy atom. The van der Waals surface area contributed by atoms with Crippen LogP contribution in [-0.2, 0) is 0 Å².